The summed E-state index contributed by atoms with van der Waals surface area (Å²) in [6.07, 6.45) is 7.00. The van der Waals surface area contributed by atoms with Gasteiger partial charge in [-0.1, -0.05) is 0 Å². The largest absolute Gasteiger partial charge is 0.477 e. The van der Waals surface area contributed by atoms with Crippen molar-refractivity contribution in [3.63, 3.8) is 0 Å². The van der Waals surface area contributed by atoms with Crippen LogP contribution in [0.1, 0.15) is 18.4 Å². The van der Waals surface area contributed by atoms with Gasteiger partial charge in [0.15, 0.2) is 0 Å². The zero-order valence-corrected chi connectivity index (χ0v) is 17.7. The molecule has 2 aromatic heterocycles. The highest BCUT2D eigenvalue weighted by molar-refractivity contribution is 5.69. The third kappa shape index (κ3) is 4.06. The molecule has 30 heavy (non-hydrogen) atoms. The maximum absolute atomic E-state index is 6.38. The monoisotopic (exact) mass is 410 g/mol. The molecule has 0 radical (unpaired) electrons. The number of hydrogen-bond acceptors (Lipinski definition) is 8. The molecule has 1 unspecified atom stereocenters. The second-order valence-electron chi connectivity index (χ2n) is 8.42. The van der Waals surface area contributed by atoms with Gasteiger partial charge < -0.3 is 24.2 Å². The van der Waals surface area contributed by atoms with Crippen LogP contribution in [0.3, 0.4) is 0 Å². The van der Waals surface area contributed by atoms with E-state index in [1.807, 2.05) is 24.5 Å². The number of likely N-dealkylation sites (tertiary alicyclic amines) is 1. The van der Waals surface area contributed by atoms with Crippen LogP contribution in [0.15, 0.2) is 24.5 Å². The first-order valence-electron chi connectivity index (χ1n) is 11.0. The number of morpholine rings is 1. The lowest BCUT2D eigenvalue weighted by atomic mass is 10.00. The number of rotatable bonds is 5. The molecule has 3 aliphatic heterocycles. The van der Waals surface area contributed by atoms with Crippen LogP contribution in [0.25, 0.3) is 0 Å². The van der Waals surface area contributed by atoms with Crippen molar-refractivity contribution in [1.82, 2.24) is 19.9 Å². The summed E-state index contributed by atoms with van der Waals surface area (Å²) in [4.78, 5) is 20.9. The first kappa shape index (κ1) is 19.5. The van der Waals surface area contributed by atoms with Crippen molar-refractivity contribution in [3.05, 3.63) is 30.1 Å². The lowest BCUT2D eigenvalue weighted by Gasteiger charge is -2.30. The van der Waals surface area contributed by atoms with Crippen molar-refractivity contribution >= 4 is 17.5 Å². The number of aromatic nitrogens is 3. The molecular formula is C22H30N6O2. The minimum absolute atomic E-state index is 0.555. The fraction of sp³-hybridized carbons (Fsp3) is 0.591. The van der Waals surface area contributed by atoms with Gasteiger partial charge in [0.1, 0.15) is 5.82 Å². The van der Waals surface area contributed by atoms with Gasteiger partial charge in [-0.05, 0) is 45.0 Å². The van der Waals surface area contributed by atoms with E-state index in [-0.39, 0.29) is 0 Å². The molecule has 5 rings (SSSR count). The van der Waals surface area contributed by atoms with Crippen LogP contribution in [0, 0.1) is 5.92 Å². The number of anilines is 3. The van der Waals surface area contributed by atoms with Crippen molar-refractivity contribution in [2.75, 3.05) is 69.4 Å². The third-order valence-corrected chi connectivity index (χ3v) is 6.22. The Hall–Kier alpha value is -2.45. The summed E-state index contributed by atoms with van der Waals surface area (Å²) >= 11 is 0. The molecule has 2 aromatic rings. The minimum Gasteiger partial charge on any atom is -0.477 e. The first-order valence-corrected chi connectivity index (χ1v) is 11.0. The molecule has 8 nitrogen and oxygen atoms in total. The Kier molecular flexibility index (Phi) is 5.68. The molecule has 0 bridgehead atoms. The van der Waals surface area contributed by atoms with E-state index in [1.54, 1.807) is 0 Å². The SMILES string of the molecule is CN1CCCC(COc2nc(N3CCOCC3)nc3c2CCN3c2ccncc2)C1. The highest BCUT2D eigenvalue weighted by Crippen LogP contribution is 2.38. The summed E-state index contributed by atoms with van der Waals surface area (Å²) < 4.78 is 11.9. The van der Waals surface area contributed by atoms with Crippen molar-refractivity contribution in [2.45, 2.75) is 19.3 Å². The Morgan fingerprint density at radius 2 is 1.93 bits per heavy atom. The average Bonchev–Trinajstić information content (AvgIpc) is 3.23. The molecule has 0 N–H and O–H groups in total. The molecule has 2 fully saturated rings. The molecule has 5 heterocycles. The summed E-state index contributed by atoms with van der Waals surface area (Å²) in [5.41, 5.74) is 2.23. The van der Waals surface area contributed by atoms with Crippen LogP contribution >= 0.6 is 0 Å². The Morgan fingerprint density at radius 1 is 1.10 bits per heavy atom. The van der Waals surface area contributed by atoms with Crippen LogP contribution in [-0.4, -0.2) is 79.4 Å². The number of pyridine rings is 1. The topological polar surface area (TPSA) is 66.8 Å². The van der Waals surface area contributed by atoms with Crippen molar-refractivity contribution in [2.24, 2.45) is 5.92 Å². The summed E-state index contributed by atoms with van der Waals surface area (Å²) in [7, 11) is 2.19. The molecular weight excluding hydrogens is 380 g/mol. The van der Waals surface area contributed by atoms with E-state index in [1.165, 1.54) is 19.4 Å². The molecule has 160 valence electrons. The molecule has 2 saturated heterocycles. The van der Waals surface area contributed by atoms with Crippen LogP contribution < -0.4 is 14.5 Å². The fourth-order valence-electron chi connectivity index (χ4n) is 4.62. The number of piperidine rings is 1. The van der Waals surface area contributed by atoms with Crippen LogP contribution in [-0.2, 0) is 11.2 Å². The van der Waals surface area contributed by atoms with Crippen molar-refractivity contribution in [1.29, 1.82) is 0 Å². The van der Waals surface area contributed by atoms with Crippen LogP contribution in [0.5, 0.6) is 5.88 Å². The van der Waals surface area contributed by atoms with E-state index in [2.05, 4.69) is 26.7 Å². The summed E-state index contributed by atoms with van der Waals surface area (Å²) in [5, 5.41) is 0. The number of nitrogens with zero attached hydrogens (tertiary/aromatic N) is 6. The van der Waals surface area contributed by atoms with Gasteiger partial charge in [0, 0.05) is 50.2 Å². The van der Waals surface area contributed by atoms with Gasteiger partial charge in [-0.15, -0.1) is 0 Å². The molecule has 0 saturated carbocycles. The first-order chi connectivity index (χ1) is 14.8. The smallest absolute Gasteiger partial charge is 0.230 e. The van der Waals surface area contributed by atoms with Gasteiger partial charge in [-0.3, -0.25) is 4.98 Å². The predicted octanol–water partition coefficient (Wildman–Crippen LogP) is 2.12. The molecule has 1 atom stereocenters. The maximum atomic E-state index is 6.38. The standard InChI is InChI=1S/C22H30N6O2/c1-26-9-2-3-17(15-26)16-30-21-19-6-10-28(18-4-7-23-8-5-18)20(19)24-22(25-21)27-11-13-29-14-12-27/h4-5,7-8,17H,2-3,6,9-16H2,1H3. The lowest BCUT2D eigenvalue weighted by molar-refractivity contribution is 0.121. The number of fused-ring (bicyclic) bond motifs is 1. The second kappa shape index (κ2) is 8.73. The molecule has 8 heteroatoms. The van der Waals surface area contributed by atoms with E-state index in [4.69, 9.17) is 19.4 Å². The summed E-state index contributed by atoms with van der Waals surface area (Å²) in [6, 6.07) is 4.06. The highest BCUT2D eigenvalue weighted by Gasteiger charge is 2.30. The molecule has 3 aliphatic rings. The number of hydrogen-bond donors (Lipinski definition) is 0. The van der Waals surface area contributed by atoms with Gasteiger partial charge in [-0.2, -0.15) is 9.97 Å². The van der Waals surface area contributed by atoms with E-state index in [0.29, 0.717) is 25.7 Å². The Morgan fingerprint density at radius 3 is 2.73 bits per heavy atom. The normalized spacial score (nSPS) is 22.2. The molecule has 0 aromatic carbocycles. The highest BCUT2D eigenvalue weighted by atomic mass is 16.5. The van der Waals surface area contributed by atoms with E-state index in [9.17, 15) is 0 Å². The third-order valence-electron chi connectivity index (χ3n) is 6.22. The Balaban J connectivity index is 1.44. The van der Waals surface area contributed by atoms with E-state index >= 15 is 0 Å². The average molecular weight is 411 g/mol. The quantitative estimate of drug-likeness (QED) is 0.743. The minimum atomic E-state index is 0.555. The number of ether oxygens (including phenoxy) is 2. The van der Waals surface area contributed by atoms with E-state index in [0.717, 1.165) is 61.5 Å². The maximum Gasteiger partial charge on any atom is 0.230 e. The van der Waals surface area contributed by atoms with Gasteiger partial charge in [0.25, 0.3) is 0 Å². The van der Waals surface area contributed by atoms with Crippen LogP contribution in [0.4, 0.5) is 17.5 Å². The summed E-state index contributed by atoms with van der Waals surface area (Å²) in [5.74, 6) is 3.02. The molecule has 0 aliphatic carbocycles. The van der Waals surface area contributed by atoms with Gasteiger partial charge in [-0.25, -0.2) is 0 Å². The zero-order valence-electron chi connectivity index (χ0n) is 17.7. The van der Waals surface area contributed by atoms with Crippen molar-refractivity contribution < 1.29 is 9.47 Å². The lowest BCUT2D eigenvalue weighted by Crippen LogP contribution is -2.37. The van der Waals surface area contributed by atoms with Gasteiger partial charge >= 0.3 is 0 Å². The van der Waals surface area contributed by atoms with Gasteiger partial charge in [0.2, 0.25) is 11.8 Å². The summed E-state index contributed by atoms with van der Waals surface area (Å²) in [6.45, 7) is 6.89. The van der Waals surface area contributed by atoms with Crippen LogP contribution in [0.2, 0.25) is 0 Å². The Bertz CT molecular complexity index is 858. The molecule has 0 amide bonds. The fourth-order valence-corrected chi connectivity index (χ4v) is 4.62. The Labute approximate surface area is 177 Å². The van der Waals surface area contributed by atoms with Crippen molar-refractivity contribution in [3.8, 4) is 5.88 Å². The second-order valence-corrected chi connectivity index (χ2v) is 8.42. The zero-order chi connectivity index (χ0) is 20.3. The predicted molar refractivity (Wildman–Crippen MR) is 116 cm³/mol. The van der Waals surface area contributed by atoms with E-state index < -0.39 is 0 Å². The molecule has 0 spiro atoms. The van der Waals surface area contributed by atoms with Gasteiger partial charge in [0.05, 0.1) is 25.4 Å².